The SMILES string of the molecule is C=CCn1c(Cc2c(Cl)ccc(C(=O)N3CCOCC3)c2Cl)cc2ccccc21. The number of carbonyl (C=O) groups is 1. The molecule has 3 aromatic rings. The second kappa shape index (κ2) is 8.62. The molecule has 6 heteroatoms. The molecule has 0 saturated carbocycles. The maximum absolute atomic E-state index is 13.0. The highest BCUT2D eigenvalue weighted by Crippen LogP contribution is 2.33. The summed E-state index contributed by atoms with van der Waals surface area (Å²) >= 11 is 13.2. The van der Waals surface area contributed by atoms with Crippen LogP contribution < -0.4 is 0 Å². The van der Waals surface area contributed by atoms with Crippen LogP contribution in [0.1, 0.15) is 21.6 Å². The highest BCUT2D eigenvalue weighted by molar-refractivity contribution is 6.38. The number of allylic oxidation sites excluding steroid dienone is 1. The highest BCUT2D eigenvalue weighted by atomic mass is 35.5. The van der Waals surface area contributed by atoms with E-state index in [1.165, 1.54) is 0 Å². The lowest BCUT2D eigenvalue weighted by Crippen LogP contribution is -2.40. The van der Waals surface area contributed by atoms with Crippen LogP contribution in [0, 0.1) is 0 Å². The molecule has 0 spiro atoms. The third-order valence-electron chi connectivity index (χ3n) is 5.28. The molecule has 0 aliphatic carbocycles. The van der Waals surface area contributed by atoms with E-state index in [9.17, 15) is 4.79 Å². The first-order valence-electron chi connectivity index (χ1n) is 9.62. The Kier molecular flexibility index (Phi) is 5.95. The van der Waals surface area contributed by atoms with Gasteiger partial charge in [0, 0.05) is 42.3 Å². The summed E-state index contributed by atoms with van der Waals surface area (Å²) in [4.78, 5) is 14.7. The third-order valence-corrected chi connectivity index (χ3v) is 6.07. The van der Waals surface area contributed by atoms with Crippen molar-refractivity contribution in [3.05, 3.63) is 82.0 Å². The van der Waals surface area contributed by atoms with Gasteiger partial charge in [-0.05, 0) is 35.2 Å². The van der Waals surface area contributed by atoms with E-state index in [-0.39, 0.29) is 5.91 Å². The van der Waals surface area contributed by atoms with Crippen LogP contribution in [0.4, 0.5) is 0 Å². The molecule has 1 aliphatic rings. The quantitative estimate of drug-likeness (QED) is 0.523. The standard InChI is InChI=1S/C23H22Cl2N2O2/c1-2-9-27-17(14-16-5-3-4-6-21(16)27)15-19-20(24)8-7-18(22(19)25)23(28)26-10-12-29-13-11-26/h2-8,14H,1,9-13,15H2. The maximum atomic E-state index is 13.0. The number of fused-ring (bicyclic) bond motifs is 1. The third kappa shape index (κ3) is 3.93. The zero-order chi connectivity index (χ0) is 20.4. The van der Waals surface area contributed by atoms with Crippen LogP contribution in [0.5, 0.6) is 0 Å². The van der Waals surface area contributed by atoms with E-state index < -0.39 is 0 Å². The summed E-state index contributed by atoms with van der Waals surface area (Å²) in [6.07, 6.45) is 2.40. The Morgan fingerprint density at radius 3 is 2.66 bits per heavy atom. The summed E-state index contributed by atoms with van der Waals surface area (Å²) in [7, 11) is 0. The Morgan fingerprint density at radius 1 is 1.14 bits per heavy atom. The van der Waals surface area contributed by atoms with Crippen molar-refractivity contribution in [2.45, 2.75) is 13.0 Å². The molecule has 1 aliphatic heterocycles. The van der Waals surface area contributed by atoms with Crippen molar-refractivity contribution in [3.63, 3.8) is 0 Å². The molecule has 0 N–H and O–H groups in total. The number of carbonyl (C=O) groups excluding carboxylic acids is 1. The van der Waals surface area contributed by atoms with E-state index in [0.717, 1.165) is 22.2 Å². The molecule has 2 aromatic carbocycles. The van der Waals surface area contributed by atoms with Gasteiger partial charge in [-0.25, -0.2) is 0 Å². The van der Waals surface area contributed by atoms with Gasteiger partial charge in [-0.1, -0.05) is 47.5 Å². The van der Waals surface area contributed by atoms with Gasteiger partial charge in [0.05, 0.1) is 23.8 Å². The summed E-state index contributed by atoms with van der Waals surface area (Å²) < 4.78 is 7.54. The topological polar surface area (TPSA) is 34.5 Å². The number of rotatable bonds is 5. The van der Waals surface area contributed by atoms with Crippen molar-refractivity contribution < 1.29 is 9.53 Å². The van der Waals surface area contributed by atoms with Crippen molar-refractivity contribution in [1.29, 1.82) is 0 Å². The van der Waals surface area contributed by atoms with Gasteiger partial charge in [0.1, 0.15) is 0 Å². The average Bonchev–Trinajstić information content (AvgIpc) is 3.09. The normalized spacial score (nSPS) is 14.3. The summed E-state index contributed by atoms with van der Waals surface area (Å²) in [6.45, 7) is 6.80. The molecule has 2 heterocycles. The highest BCUT2D eigenvalue weighted by Gasteiger charge is 2.23. The minimum absolute atomic E-state index is 0.0807. The van der Waals surface area contributed by atoms with Crippen LogP contribution in [0.15, 0.2) is 55.1 Å². The molecule has 4 nitrogen and oxygen atoms in total. The summed E-state index contributed by atoms with van der Waals surface area (Å²) in [5.74, 6) is -0.0807. The smallest absolute Gasteiger partial charge is 0.255 e. The lowest BCUT2D eigenvalue weighted by atomic mass is 10.0. The van der Waals surface area contributed by atoms with Crippen LogP contribution in [0.3, 0.4) is 0 Å². The Labute approximate surface area is 180 Å². The summed E-state index contributed by atoms with van der Waals surface area (Å²) in [6, 6.07) is 13.8. The van der Waals surface area contributed by atoms with Gasteiger partial charge in [-0.15, -0.1) is 6.58 Å². The van der Waals surface area contributed by atoms with Crippen LogP contribution in [0.25, 0.3) is 10.9 Å². The predicted molar refractivity (Wildman–Crippen MR) is 118 cm³/mol. The number of hydrogen-bond donors (Lipinski definition) is 0. The zero-order valence-corrected chi connectivity index (χ0v) is 17.5. The van der Waals surface area contributed by atoms with Gasteiger partial charge in [0.2, 0.25) is 0 Å². The van der Waals surface area contributed by atoms with E-state index in [0.29, 0.717) is 54.9 Å². The largest absolute Gasteiger partial charge is 0.378 e. The van der Waals surface area contributed by atoms with E-state index in [1.807, 2.05) is 18.2 Å². The van der Waals surface area contributed by atoms with Gasteiger partial charge < -0.3 is 14.2 Å². The van der Waals surface area contributed by atoms with Crippen LogP contribution >= 0.6 is 23.2 Å². The van der Waals surface area contributed by atoms with Crippen molar-refractivity contribution >= 4 is 40.0 Å². The number of halogens is 2. The van der Waals surface area contributed by atoms with Gasteiger partial charge in [-0.2, -0.15) is 0 Å². The average molecular weight is 429 g/mol. The molecule has 29 heavy (non-hydrogen) atoms. The fourth-order valence-electron chi connectivity index (χ4n) is 3.80. The second-order valence-corrected chi connectivity index (χ2v) is 7.85. The molecule has 1 amide bonds. The first-order valence-corrected chi connectivity index (χ1v) is 10.4. The Bertz CT molecular complexity index is 1070. The summed E-state index contributed by atoms with van der Waals surface area (Å²) in [5.41, 5.74) is 3.46. The molecule has 1 aromatic heterocycles. The van der Waals surface area contributed by atoms with Crippen molar-refractivity contribution in [2.75, 3.05) is 26.3 Å². The van der Waals surface area contributed by atoms with Crippen LogP contribution in [-0.4, -0.2) is 41.7 Å². The van der Waals surface area contributed by atoms with E-state index >= 15 is 0 Å². The molecular weight excluding hydrogens is 407 g/mol. The van der Waals surface area contributed by atoms with Crippen molar-refractivity contribution in [3.8, 4) is 0 Å². The monoisotopic (exact) mass is 428 g/mol. The second-order valence-electron chi connectivity index (χ2n) is 7.06. The van der Waals surface area contributed by atoms with Gasteiger partial charge in [0.15, 0.2) is 0 Å². The Hall–Kier alpha value is -2.27. The fraction of sp³-hybridized carbons (Fsp3) is 0.261. The number of morpholine rings is 1. The van der Waals surface area contributed by atoms with Crippen LogP contribution in [-0.2, 0) is 17.7 Å². The summed E-state index contributed by atoms with van der Waals surface area (Å²) in [5, 5.41) is 2.13. The number of benzene rings is 2. The Balaban J connectivity index is 1.72. The molecule has 0 bridgehead atoms. The van der Waals surface area contributed by atoms with E-state index in [1.54, 1.807) is 17.0 Å². The molecule has 4 rings (SSSR count). The molecule has 0 atom stereocenters. The maximum Gasteiger partial charge on any atom is 0.255 e. The minimum Gasteiger partial charge on any atom is -0.378 e. The van der Waals surface area contributed by atoms with Crippen molar-refractivity contribution in [1.82, 2.24) is 9.47 Å². The molecular formula is C23H22Cl2N2O2. The van der Waals surface area contributed by atoms with Gasteiger partial charge in [-0.3, -0.25) is 4.79 Å². The number of aromatic nitrogens is 1. The molecule has 0 radical (unpaired) electrons. The first kappa shape index (κ1) is 20.0. The number of hydrogen-bond acceptors (Lipinski definition) is 2. The molecule has 150 valence electrons. The Morgan fingerprint density at radius 2 is 1.90 bits per heavy atom. The molecule has 1 fully saturated rings. The lowest BCUT2D eigenvalue weighted by Gasteiger charge is -2.27. The number of para-hydroxylation sites is 1. The van der Waals surface area contributed by atoms with Crippen molar-refractivity contribution in [2.24, 2.45) is 0 Å². The lowest BCUT2D eigenvalue weighted by molar-refractivity contribution is 0.0303. The minimum atomic E-state index is -0.0807. The first-order chi connectivity index (χ1) is 14.1. The van der Waals surface area contributed by atoms with E-state index in [4.69, 9.17) is 27.9 Å². The predicted octanol–water partition coefficient (Wildman–Crippen LogP) is 5.20. The van der Waals surface area contributed by atoms with E-state index in [2.05, 4.69) is 29.3 Å². The number of amides is 1. The molecule has 1 saturated heterocycles. The fourth-order valence-corrected chi connectivity index (χ4v) is 4.39. The van der Waals surface area contributed by atoms with Crippen LogP contribution in [0.2, 0.25) is 10.0 Å². The van der Waals surface area contributed by atoms with Gasteiger partial charge >= 0.3 is 0 Å². The van der Waals surface area contributed by atoms with Gasteiger partial charge in [0.25, 0.3) is 5.91 Å². The molecule has 0 unspecified atom stereocenters. The number of nitrogens with zero attached hydrogens (tertiary/aromatic N) is 2. The zero-order valence-electron chi connectivity index (χ0n) is 16.0. The number of ether oxygens (including phenoxy) is 1.